The molecule has 0 amide bonds. The zero-order valence-corrected chi connectivity index (χ0v) is 8.75. The normalized spacial score (nSPS) is 14.6. The van der Waals surface area contributed by atoms with E-state index in [0.717, 1.165) is 6.42 Å². The van der Waals surface area contributed by atoms with Crippen LogP contribution in [0, 0.1) is 0 Å². The molecule has 2 N–H and O–H groups in total. The van der Waals surface area contributed by atoms with Crippen LogP contribution in [-0.2, 0) is 4.74 Å². The Kier molecular flexibility index (Phi) is 2.64. The van der Waals surface area contributed by atoms with Crippen LogP contribution in [0.15, 0.2) is 30.0 Å². The number of carbonyl (C=O) groups excluding carboxylic acids is 1. The van der Waals surface area contributed by atoms with Crippen LogP contribution in [0.25, 0.3) is 0 Å². The van der Waals surface area contributed by atoms with E-state index in [2.05, 4.69) is 0 Å². The van der Waals surface area contributed by atoms with Gasteiger partial charge in [0, 0.05) is 12.0 Å². The van der Waals surface area contributed by atoms with Crippen molar-refractivity contribution < 1.29 is 9.53 Å². The van der Waals surface area contributed by atoms with Gasteiger partial charge in [-0.25, -0.2) is 0 Å². The predicted molar refractivity (Wildman–Crippen MR) is 58.8 cm³/mol. The standard InChI is InChI=1S/C11H10ClNO2/c12-8-4-3-7(6-9(8)13)11(14)10-2-1-5-15-10/h2-4,6H,1,5,13H2. The van der Waals surface area contributed by atoms with Crippen molar-refractivity contribution in [2.45, 2.75) is 6.42 Å². The van der Waals surface area contributed by atoms with Gasteiger partial charge in [0.1, 0.15) is 0 Å². The second kappa shape index (κ2) is 3.95. The molecule has 1 aliphatic rings. The number of ether oxygens (including phenoxy) is 1. The van der Waals surface area contributed by atoms with Crippen LogP contribution >= 0.6 is 11.6 Å². The van der Waals surface area contributed by atoms with Crippen LogP contribution in [0.4, 0.5) is 5.69 Å². The van der Waals surface area contributed by atoms with E-state index in [9.17, 15) is 4.79 Å². The first-order valence-corrected chi connectivity index (χ1v) is 4.99. The van der Waals surface area contributed by atoms with Gasteiger partial charge in [-0.05, 0) is 24.3 Å². The minimum absolute atomic E-state index is 0.143. The Morgan fingerprint density at radius 1 is 1.47 bits per heavy atom. The number of nitrogens with two attached hydrogens (primary N) is 1. The first-order valence-electron chi connectivity index (χ1n) is 4.61. The van der Waals surface area contributed by atoms with Crippen molar-refractivity contribution >= 4 is 23.1 Å². The summed E-state index contributed by atoms with van der Waals surface area (Å²) in [6.07, 6.45) is 2.57. The van der Waals surface area contributed by atoms with Crippen LogP contribution in [0.5, 0.6) is 0 Å². The monoisotopic (exact) mass is 223 g/mol. The van der Waals surface area contributed by atoms with Crippen LogP contribution < -0.4 is 5.73 Å². The van der Waals surface area contributed by atoms with E-state index in [1.165, 1.54) is 0 Å². The summed E-state index contributed by atoms with van der Waals surface area (Å²) in [4.78, 5) is 11.8. The number of allylic oxidation sites excluding steroid dienone is 1. The molecule has 1 heterocycles. The lowest BCUT2D eigenvalue weighted by molar-refractivity contribution is 0.0942. The van der Waals surface area contributed by atoms with Crippen LogP contribution in [0.2, 0.25) is 5.02 Å². The molecule has 1 aliphatic heterocycles. The summed E-state index contributed by atoms with van der Waals surface area (Å²) < 4.78 is 5.18. The molecule has 0 radical (unpaired) electrons. The third-order valence-electron chi connectivity index (χ3n) is 2.19. The van der Waals surface area contributed by atoms with Gasteiger partial charge >= 0.3 is 0 Å². The Balaban J connectivity index is 2.29. The fourth-order valence-electron chi connectivity index (χ4n) is 1.40. The third-order valence-corrected chi connectivity index (χ3v) is 2.53. The molecule has 0 saturated heterocycles. The number of ketones is 1. The van der Waals surface area contributed by atoms with Crippen molar-refractivity contribution in [1.82, 2.24) is 0 Å². The lowest BCUT2D eigenvalue weighted by Gasteiger charge is -2.04. The first-order chi connectivity index (χ1) is 7.18. The zero-order chi connectivity index (χ0) is 10.8. The van der Waals surface area contributed by atoms with Crippen molar-refractivity contribution in [2.75, 3.05) is 12.3 Å². The average Bonchev–Trinajstić information content (AvgIpc) is 2.74. The van der Waals surface area contributed by atoms with Crippen molar-refractivity contribution in [3.8, 4) is 0 Å². The summed E-state index contributed by atoms with van der Waals surface area (Å²) in [6, 6.07) is 4.82. The van der Waals surface area contributed by atoms with Gasteiger partial charge in [0.15, 0.2) is 5.76 Å². The Bertz CT molecular complexity index is 440. The maximum absolute atomic E-state index is 11.8. The van der Waals surface area contributed by atoms with Crippen molar-refractivity contribution in [1.29, 1.82) is 0 Å². The first kappa shape index (κ1) is 10.1. The number of benzene rings is 1. The SMILES string of the molecule is Nc1cc(C(=O)C2=CCCO2)ccc1Cl. The molecule has 0 bridgehead atoms. The van der Waals surface area contributed by atoms with Gasteiger partial charge in [-0.2, -0.15) is 0 Å². The molecule has 1 aromatic rings. The molecule has 2 rings (SSSR count). The van der Waals surface area contributed by atoms with Gasteiger partial charge in [0.05, 0.1) is 17.3 Å². The third kappa shape index (κ3) is 1.97. The lowest BCUT2D eigenvalue weighted by atomic mass is 10.1. The summed E-state index contributed by atoms with van der Waals surface area (Å²) in [7, 11) is 0. The van der Waals surface area contributed by atoms with Crippen LogP contribution in [0.3, 0.4) is 0 Å². The molecule has 0 atom stereocenters. The number of hydrogen-bond donors (Lipinski definition) is 1. The number of halogens is 1. The van der Waals surface area contributed by atoms with Crippen LogP contribution in [-0.4, -0.2) is 12.4 Å². The summed E-state index contributed by atoms with van der Waals surface area (Å²) >= 11 is 5.76. The van der Waals surface area contributed by atoms with E-state index >= 15 is 0 Å². The minimum atomic E-state index is -0.143. The van der Waals surface area contributed by atoms with Gasteiger partial charge in [-0.1, -0.05) is 11.6 Å². The van der Waals surface area contributed by atoms with E-state index in [4.69, 9.17) is 22.1 Å². The van der Waals surface area contributed by atoms with E-state index in [-0.39, 0.29) is 5.78 Å². The number of rotatable bonds is 2. The van der Waals surface area contributed by atoms with Gasteiger partial charge in [-0.3, -0.25) is 4.79 Å². The number of nitrogen functional groups attached to an aromatic ring is 1. The maximum atomic E-state index is 11.8. The number of Topliss-reactive ketones (excluding diaryl/α,β-unsaturated/α-hetero) is 1. The van der Waals surface area contributed by atoms with Gasteiger partial charge in [-0.15, -0.1) is 0 Å². The topological polar surface area (TPSA) is 52.3 Å². The Hall–Kier alpha value is -1.48. The molecule has 4 heteroatoms. The molecule has 0 spiro atoms. The molecule has 78 valence electrons. The predicted octanol–water partition coefficient (Wildman–Crippen LogP) is 2.41. The molecule has 15 heavy (non-hydrogen) atoms. The van der Waals surface area contributed by atoms with E-state index in [1.54, 1.807) is 24.3 Å². The summed E-state index contributed by atoms with van der Waals surface area (Å²) in [6.45, 7) is 0.574. The van der Waals surface area contributed by atoms with E-state index in [0.29, 0.717) is 28.6 Å². The second-order valence-electron chi connectivity index (χ2n) is 3.27. The Labute approximate surface area is 92.5 Å². The highest BCUT2D eigenvalue weighted by atomic mass is 35.5. The number of anilines is 1. The van der Waals surface area contributed by atoms with Crippen molar-refractivity contribution in [2.24, 2.45) is 0 Å². The lowest BCUT2D eigenvalue weighted by Crippen LogP contribution is -2.04. The summed E-state index contributed by atoms with van der Waals surface area (Å²) in [5.74, 6) is 0.257. The fourth-order valence-corrected chi connectivity index (χ4v) is 1.52. The molecule has 0 saturated carbocycles. The Morgan fingerprint density at radius 3 is 2.87 bits per heavy atom. The Morgan fingerprint density at radius 2 is 2.27 bits per heavy atom. The zero-order valence-electron chi connectivity index (χ0n) is 8.00. The van der Waals surface area contributed by atoms with Gasteiger partial charge in [0.2, 0.25) is 5.78 Å². The molecule has 1 aromatic carbocycles. The van der Waals surface area contributed by atoms with E-state index in [1.807, 2.05) is 0 Å². The molecular formula is C11H10ClNO2. The summed E-state index contributed by atoms with van der Waals surface area (Å²) in [5.41, 5.74) is 6.52. The van der Waals surface area contributed by atoms with Crippen molar-refractivity contribution in [3.05, 3.63) is 40.6 Å². The highest BCUT2D eigenvalue weighted by Crippen LogP contribution is 2.22. The molecule has 0 aliphatic carbocycles. The number of carbonyl (C=O) groups is 1. The maximum Gasteiger partial charge on any atom is 0.227 e. The molecule has 3 nitrogen and oxygen atoms in total. The molecule has 0 unspecified atom stereocenters. The largest absolute Gasteiger partial charge is 0.489 e. The smallest absolute Gasteiger partial charge is 0.227 e. The molecule has 0 aromatic heterocycles. The van der Waals surface area contributed by atoms with Gasteiger partial charge in [0.25, 0.3) is 0 Å². The second-order valence-corrected chi connectivity index (χ2v) is 3.68. The highest BCUT2D eigenvalue weighted by molar-refractivity contribution is 6.33. The average molecular weight is 224 g/mol. The molecule has 0 fully saturated rings. The van der Waals surface area contributed by atoms with Gasteiger partial charge < -0.3 is 10.5 Å². The number of hydrogen-bond acceptors (Lipinski definition) is 3. The van der Waals surface area contributed by atoms with E-state index < -0.39 is 0 Å². The molecular weight excluding hydrogens is 214 g/mol. The fraction of sp³-hybridized carbons (Fsp3) is 0.182. The summed E-state index contributed by atoms with van der Waals surface area (Å²) in [5, 5.41) is 0.452. The quantitative estimate of drug-likeness (QED) is 0.619. The minimum Gasteiger partial charge on any atom is -0.489 e. The van der Waals surface area contributed by atoms with Crippen LogP contribution in [0.1, 0.15) is 16.8 Å². The van der Waals surface area contributed by atoms with Crippen molar-refractivity contribution in [3.63, 3.8) is 0 Å². The highest BCUT2D eigenvalue weighted by Gasteiger charge is 2.17.